The van der Waals surface area contributed by atoms with Gasteiger partial charge in [-0.25, -0.2) is 0 Å². The summed E-state index contributed by atoms with van der Waals surface area (Å²) < 4.78 is 17.7. The fourth-order valence-electron chi connectivity index (χ4n) is 6.71. The lowest BCUT2D eigenvalue weighted by Crippen LogP contribution is -2.73. The number of nitrogens with one attached hydrogen (secondary N) is 2. The van der Waals surface area contributed by atoms with E-state index in [1.165, 1.54) is 0 Å². The van der Waals surface area contributed by atoms with Crippen LogP contribution in [0.2, 0.25) is 0 Å². The second-order valence-corrected chi connectivity index (χ2v) is 12.6. The molecule has 18 N–H and O–H groups in total. The van der Waals surface area contributed by atoms with E-state index in [4.69, 9.17) is 42.3 Å². The first-order valence-electron chi connectivity index (χ1n) is 15.1. The van der Waals surface area contributed by atoms with Gasteiger partial charge in [-0.3, -0.25) is 4.79 Å². The molecule has 0 aromatic heterocycles. The SMILES string of the molecule is NC1CC(O)(C(=O)N[C@@H]2C[C@H](N)C([C@H]3O[C@H](CNCCCO)[C@@H](O)[C@H](O)[C@H]3N)[C@H](O)[C@H]2O[C@H]2O[C@H](CO)[C@@H](O)[C@H](N)[C@H]2O)C1. The summed E-state index contributed by atoms with van der Waals surface area (Å²) in [5, 5.41) is 89.3. The Kier molecular flexibility index (Phi) is 11.9. The van der Waals surface area contributed by atoms with Crippen molar-refractivity contribution in [3.8, 4) is 0 Å². The second kappa shape index (κ2) is 14.7. The van der Waals surface area contributed by atoms with Crippen molar-refractivity contribution in [2.45, 2.75) is 123 Å². The van der Waals surface area contributed by atoms with E-state index in [0.717, 1.165) is 0 Å². The number of aliphatic hydroxyl groups excluding tert-OH is 7. The Morgan fingerprint density at radius 2 is 1.57 bits per heavy atom. The molecule has 256 valence electrons. The van der Waals surface area contributed by atoms with Crippen LogP contribution in [0.3, 0.4) is 0 Å². The molecule has 1 amide bonds. The molecule has 1 unspecified atom stereocenters. The zero-order chi connectivity index (χ0) is 32.5. The summed E-state index contributed by atoms with van der Waals surface area (Å²) in [6.45, 7) is -0.213. The van der Waals surface area contributed by atoms with Crippen LogP contribution in [0.25, 0.3) is 0 Å². The summed E-state index contributed by atoms with van der Waals surface area (Å²) in [5.41, 5.74) is 22.8. The highest BCUT2D eigenvalue weighted by molar-refractivity contribution is 5.86. The van der Waals surface area contributed by atoms with Crippen LogP contribution in [0.1, 0.15) is 25.7 Å². The van der Waals surface area contributed by atoms with Gasteiger partial charge in [-0.15, -0.1) is 0 Å². The number of amides is 1. The number of hydrogen-bond donors (Lipinski definition) is 14. The van der Waals surface area contributed by atoms with E-state index < -0.39 is 109 Å². The molecular weight excluding hydrogens is 588 g/mol. The highest BCUT2D eigenvalue weighted by atomic mass is 16.7. The molecule has 0 spiro atoms. The summed E-state index contributed by atoms with van der Waals surface area (Å²) in [6, 6.07) is -4.83. The molecule has 0 aromatic carbocycles. The van der Waals surface area contributed by atoms with Gasteiger partial charge in [-0.05, 0) is 19.4 Å². The van der Waals surface area contributed by atoms with Gasteiger partial charge in [0.05, 0.1) is 43.0 Å². The Morgan fingerprint density at radius 3 is 2.18 bits per heavy atom. The first-order valence-corrected chi connectivity index (χ1v) is 15.1. The fourth-order valence-corrected chi connectivity index (χ4v) is 6.71. The number of aliphatic hydroxyl groups is 8. The standard InChI is InChI=1S/C26H50N6O12/c27-9-5-26(41,6-9)25(40)32-11-4-10(28)14(23-16(30)20(38)18(36)12(42-23)7-31-2-1-3-33)19(37)22(11)44-24-21(39)15(29)17(35)13(8-34)43-24/h9-24,31,33-39,41H,1-8,27-30H2,(H,32,40)/t9?,10-,11+,12+,13+,14?,15-,16+,17+,18+,19-,20+,21+,22-,23+,24+,26?/m0/s1. The van der Waals surface area contributed by atoms with Crippen molar-refractivity contribution in [1.82, 2.24) is 10.6 Å². The van der Waals surface area contributed by atoms with Crippen molar-refractivity contribution in [2.75, 3.05) is 26.3 Å². The third-order valence-corrected chi connectivity index (χ3v) is 9.39. The first-order chi connectivity index (χ1) is 20.7. The molecule has 2 heterocycles. The fraction of sp³-hybridized carbons (Fsp3) is 0.962. The maximum atomic E-state index is 13.1. The molecule has 2 saturated heterocycles. The van der Waals surface area contributed by atoms with Crippen LogP contribution in [0.5, 0.6) is 0 Å². The van der Waals surface area contributed by atoms with E-state index in [1.807, 2.05) is 0 Å². The lowest BCUT2D eigenvalue weighted by molar-refractivity contribution is -0.307. The van der Waals surface area contributed by atoms with Crippen LogP contribution in [0.4, 0.5) is 0 Å². The summed E-state index contributed by atoms with van der Waals surface area (Å²) in [7, 11) is 0. The van der Waals surface area contributed by atoms with E-state index in [-0.39, 0.29) is 38.5 Å². The Morgan fingerprint density at radius 1 is 0.886 bits per heavy atom. The minimum atomic E-state index is -1.74. The lowest BCUT2D eigenvalue weighted by Gasteiger charge is -2.52. The summed E-state index contributed by atoms with van der Waals surface area (Å²) in [6.07, 6.45) is -13.3. The van der Waals surface area contributed by atoms with Crippen LogP contribution in [0, 0.1) is 5.92 Å². The average Bonchev–Trinajstić information content (AvgIpc) is 2.96. The van der Waals surface area contributed by atoms with Gasteiger partial charge < -0.3 is 88.6 Å². The van der Waals surface area contributed by atoms with Gasteiger partial charge in [0.25, 0.3) is 5.91 Å². The molecule has 0 aromatic rings. The molecule has 15 atom stereocenters. The Bertz CT molecular complexity index is 949. The summed E-state index contributed by atoms with van der Waals surface area (Å²) in [4.78, 5) is 13.1. The predicted octanol–water partition coefficient (Wildman–Crippen LogP) is -8.03. The Balaban J connectivity index is 1.59. The topological polar surface area (TPSA) is 335 Å². The van der Waals surface area contributed by atoms with Crippen molar-refractivity contribution < 1.29 is 59.9 Å². The maximum Gasteiger partial charge on any atom is 0.252 e. The minimum absolute atomic E-state index is 0.0163. The van der Waals surface area contributed by atoms with Crippen LogP contribution in [-0.4, -0.2) is 170 Å². The van der Waals surface area contributed by atoms with Gasteiger partial charge in [0, 0.05) is 44.0 Å². The first kappa shape index (κ1) is 35.7. The molecule has 2 aliphatic heterocycles. The smallest absolute Gasteiger partial charge is 0.252 e. The van der Waals surface area contributed by atoms with E-state index >= 15 is 0 Å². The Hall–Kier alpha value is -1.17. The number of hydrogen-bond acceptors (Lipinski definition) is 17. The number of carbonyl (C=O) groups excluding carboxylic acids is 1. The molecule has 2 saturated carbocycles. The lowest BCUT2D eigenvalue weighted by atomic mass is 9.71. The maximum absolute atomic E-state index is 13.1. The average molecular weight is 639 g/mol. The van der Waals surface area contributed by atoms with Crippen molar-refractivity contribution in [2.24, 2.45) is 28.9 Å². The molecule has 4 aliphatic rings. The highest BCUT2D eigenvalue weighted by Gasteiger charge is 2.56. The van der Waals surface area contributed by atoms with Crippen molar-refractivity contribution in [1.29, 1.82) is 0 Å². The highest BCUT2D eigenvalue weighted by Crippen LogP contribution is 2.38. The van der Waals surface area contributed by atoms with E-state index in [0.29, 0.717) is 13.0 Å². The van der Waals surface area contributed by atoms with Gasteiger partial charge in [-0.1, -0.05) is 0 Å². The quantitative estimate of drug-likeness (QED) is 0.0934. The van der Waals surface area contributed by atoms with E-state index in [1.54, 1.807) is 0 Å². The van der Waals surface area contributed by atoms with Gasteiger partial charge in [-0.2, -0.15) is 0 Å². The summed E-state index contributed by atoms with van der Waals surface area (Å²) in [5.74, 6) is -1.81. The number of carbonyl (C=O) groups is 1. The summed E-state index contributed by atoms with van der Waals surface area (Å²) >= 11 is 0. The molecule has 2 aliphatic carbocycles. The minimum Gasteiger partial charge on any atom is -0.396 e. The van der Waals surface area contributed by atoms with E-state index in [9.17, 15) is 40.5 Å². The molecule has 4 fully saturated rings. The molecule has 18 heteroatoms. The van der Waals surface area contributed by atoms with Crippen LogP contribution in [-0.2, 0) is 19.0 Å². The third kappa shape index (κ3) is 7.20. The molecule has 0 bridgehead atoms. The molecule has 4 rings (SSSR count). The molecule has 18 nitrogen and oxygen atoms in total. The second-order valence-electron chi connectivity index (χ2n) is 12.6. The van der Waals surface area contributed by atoms with Gasteiger partial charge in [0.15, 0.2) is 6.29 Å². The molecule has 0 radical (unpaired) electrons. The van der Waals surface area contributed by atoms with Gasteiger partial charge in [0.1, 0.15) is 42.2 Å². The van der Waals surface area contributed by atoms with Gasteiger partial charge >= 0.3 is 0 Å². The Labute approximate surface area is 254 Å². The van der Waals surface area contributed by atoms with Crippen molar-refractivity contribution in [3.63, 3.8) is 0 Å². The van der Waals surface area contributed by atoms with Crippen molar-refractivity contribution in [3.05, 3.63) is 0 Å². The molecule has 44 heavy (non-hydrogen) atoms. The predicted molar refractivity (Wildman–Crippen MR) is 150 cm³/mol. The number of ether oxygens (including phenoxy) is 3. The van der Waals surface area contributed by atoms with Crippen molar-refractivity contribution >= 4 is 5.91 Å². The monoisotopic (exact) mass is 638 g/mol. The van der Waals surface area contributed by atoms with Gasteiger partial charge in [0.2, 0.25) is 0 Å². The number of rotatable bonds is 11. The van der Waals surface area contributed by atoms with Crippen LogP contribution < -0.4 is 33.6 Å². The third-order valence-electron chi connectivity index (χ3n) is 9.39. The largest absolute Gasteiger partial charge is 0.396 e. The van der Waals surface area contributed by atoms with E-state index in [2.05, 4.69) is 10.6 Å². The van der Waals surface area contributed by atoms with Crippen LogP contribution >= 0.6 is 0 Å². The zero-order valence-corrected chi connectivity index (χ0v) is 24.4. The number of nitrogens with two attached hydrogens (primary N) is 4. The van der Waals surface area contributed by atoms with Crippen LogP contribution in [0.15, 0.2) is 0 Å². The molecular formula is C26H50N6O12. The normalized spacial score (nSPS) is 49.7. The zero-order valence-electron chi connectivity index (χ0n) is 24.4.